The first kappa shape index (κ1) is 16.1. The number of halogens is 2. The number of rotatable bonds is 6. The van der Waals surface area contributed by atoms with Crippen molar-refractivity contribution in [2.24, 2.45) is 0 Å². The summed E-state index contributed by atoms with van der Waals surface area (Å²) in [6.45, 7) is -0.0945. The van der Waals surface area contributed by atoms with Gasteiger partial charge in [-0.3, -0.25) is 0 Å². The maximum Gasteiger partial charge on any atom is 0.242 e. The molecule has 1 aromatic rings. The fraction of sp³-hybridized carbons (Fsp3) is 0.400. The van der Waals surface area contributed by atoms with E-state index >= 15 is 0 Å². The van der Waals surface area contributed by atoms with Crippen molar-refractivity contribution in [3.05, 3.63) is 27.7 Å². The lowest BCUT2D eigenvalue weighted by Crippen LogP contribution is -2.26. The number of hydrogen-bond donors (Lipinski definition) is 2. The molecule has 0 saturated carbocycles. The molecule has 102 valence electrons. The van der Waals surface area contributed by atoms with Crippen LogP contribution in [0.3, 0.4) is 0 Å². The highest BCUT2D eigenvalue weighted by Crippen LogP contribution is 2.30. The van der Waals surface area contributed by atoms with E-state index in [0.29, 0.717) is 12.3 Å². The van der Waals surface area contributed by atoms with Crippen molar-refractivity contribution in [2.45, 2.75) is 11.5 Å². The number of aliphatic hydroxyl groups excluding tert-OH is 1. The van der Waals surface area contributed by atoms with Crippen LogP contribution < -0.4 is 4.72 Å². The predicted molar refractivity (Wildman–Crippen MR) is 76.0 cm³/mol. The van der Waals surface area contributed by atoms with Crippen LogP contribution in [-0.2, 0) is 16.6 Å². The van der Waals surface area contributed by atoms with E-state index in [1.165, 1.54) is 23.9 Å². The highest BCUT2D eigenvalue weighted by atomic mass is 35.5. The average Bonchev–Trinajstić information content (AvgIpc) is 2.29. The molecular weight excluding hydrogens is 317 g/mol. The van der Waals surface area contributed by atoms with Crippen LogP contribution in [0.1, 0.15) is 5.56 Å². The Morgan fingerprint density at radius 1 is 1.39 bits per heavy atom. The van der Waals surface area contributed by atoms with Crippen molar-refractivity contribution in [2.75, 3.05) is 18.6 Å². The molecule has 0 aromatic heterocycles. The van der Waals surface area contributed by atoms with Gasteiger partial charge in [-0.2, -0.15) is 11.8 Å². The molecule has 0 aliphatic heterocycles. The van der Waals surface area contributed by atoms with Gasteiger partial charge < -0.3 is 5.11 Å². The number of nitrogens with one attached hydrogen (secondary N) is 1. The molecule has 8 heteroatoms. The van der Waals surface area contributed by atoms with Gasteiger partial charge in [0.1, 0.15) is 4.90 Å². The van der Waals surface area contributed by atoms with E-state index in [0.717, 1.165) is 0 Å². The van der Waals surface area contributed by atoms with Crippen LogP contribution in [-0.4, -0.2) is 32.1 Å². The summed E-state index contributed by atoms with van der Waals surface area (Å²) >= 11 is 13.3. The van der Waals surface area contributed by atoms with E-state index in [-0.39, 0.29) is 20.5 Å². The summed E-state index contributed by atoms with van der Waals surface area (Å²) in [6.07, 6.45) is 1.88. The first-order chi connectivity index (χ1) is 8.44. The van der Waals surface area contributed by atoms with Gasteiger partial charge in [-0.05, 0) is 18.4 Å². The van der Waals surface area contributed by atoms with Gasteiger partial charge in [-0.15, -0.1) is 0 Å². The third-order valence-corrected chi connectivity index (χ3v) is 5.21. The maximum absolute atomic E-state index is 12.0. The topological polar surface area (TPSA) is 66.4 Å². The molecule has 0 heterocycles. The number of hydrogen-bond acceptors (Lipinski definition) is 4. The summed E-state index contributed by atoms with van der Waals surface area (Å²) in [4.78, 5) is -0.0706. The fourth-order valence-corrected chi connectivity index (χ4v) is 3.65. The van der Waals surface area contributed by atoms with Crippen molar-refractivity contribution < 1.29 is 13.5 Å². The van der Waals surface area contributed by atoms with E-state index in [9.17, 15) is 8.42 Å². The van der Waals surface area contributed by atoms with Gasteiger partial charge in [0.25, 0.3) is 0 Å². The Morgan fingerprint density at radius 3 is 2.61 bits per heavy atom. The van der Waals surface area contributed by atoms with Crippen LogP contribution in [0.25, 0.3) is 0 Å². The van der Waals surface area contributed by atoms with Crippen molar-refractivity contribution in [3.63, 3.8) is 0 Å². The maximum atomic E-state index is 12.0. The van der Waals surface area contributed by atoms with Gasteiger partial charge in [0.15, 0.2) is 0 Å². The van der Waals surface area contributed by atoms with Crippen LogP contribution in [0.2, 0.25) is 10.0 Å². The van der Waals surface area contributed by atoms with Gasteiger partial charge in [0, 0.05) is 22.9 Å². The molecule has 0 amide bonds. The molecule has 0 aliphatic rings. The zero-order chi connectivity index (χ0) is 13.8. The smallest absolute Gasteiger partial charge is 0.242 e. The van der Waals surface area contributed by atoms with Gasteiger partial charge in [-0.25, -0.2) is 13.1 Å². The number of thioether (sulfide) groups is 1. The zero-order valence-corrected chi connectivity index (χ0v) is 12.8. The summed E-state index contributed by atoms with van der Waals surface area (Å²) in [5, 5.41) is 9.32. The van der Waals surface area contributed by atoms with Gasteiger partial charge in [0.2, 0.25) is 10.0 Å². The van der Waals surface area contributed by atoms with Crippen LogP contribution in [0.15, 0.2) is 17.0 Å². The lowest BCUT2D eigenvalue weighted by Gasteiger charge is -2.11. The minimum atomic E-state index is -3.68. The van der Waals surface area contributed by atoms with Crippen LogP contribution in [0, 0.1) is 0 Å². The molecule has 1 aromatic carbocycles. The highest BCUT2D eigenvalue weighted by Gasteiger charge is 2.20. The molecule has 0 spiro atoms. The third kappa shape index (κ3) is 3.76. The first-order valence-corrected chi connectivity index (χ1v) is 8.63. The molecule has 0 bridgehead atoms. The Balaban J connectivity index is 3.10. The lowest BCUT2D eigenvalue weighted by molar-refractivity contribution is 0.281. The molecule has 1 rings (SSSR count). The largest absolute Gasteiger partial charge is 0.392 e. The standard InChI is InChI=1S/C10H13Cl2NO3S2/c1-17-5-4-13-18(15,16)9-3-2-8(11)7(6-14)10(9)12/h2-3,13-14H,4-6H2,1H3. The Kier molecular flexibility index (Phi) is 6.23. The minimum Gasteiger partial charge on any atom is -0.392 e. The molecule has 2 N–H and O–H groups in total. The molecule has 0 unspecified atom stereocenters. The second-order valence-electron chi connectivity index (χ2n) is 3.39. The SMILES string of the molecule is CSCCNS(=O)(=O)c1ccc(Cl)c(CO)c1Cl. The van der Waals surface area contributed by atoms with Crippen molar-refractivity contribution in [1.29, 1.82) is 0 Å². The Morgan fingerprint density at radius 2 is 2.06 bits per heavy atom. The van der Waals surface area contributed by atoms with Crippen molar-refractivity contribution >= 4 is 45.0 Å². The van der Waals surface area contributed by atoms with Crippen LogP contribution >= 0.6 is 35.0 Å². The van der Waals surface area contributed by atoms with E-state index < -0.39 is 16.6 Å². The average molecular weight is 330 g/mol. The molecule has 4 nitrogen and oxygen atoms in total. The summed E-state index contributed by atoms with van der Waals surface area (Å²) in [5.41, 5.74) is 0.214. The highest BCUT2D eigenvalue weighted by molar-refractivity contribution is 7.98. The van der Waals surface area contributed by atoms with Crippen LogP contribution in [0.5, 0.6) is 0 Å². The first-order valence-electron chi connectivity index (χ1n) is 5.00. The number of sulfonamides is 1. The second kappa shape index (κ2) is 6.98. The zero-order valence-electron chi connectivity index (χ0n) is 9.61. The molecule has 0 atom stereocenters. The van der Waals surface area contributed by atoms with Gasteiger partial charge in [-0.1, -0.05) is 23.2 Å². The van der Waals surface area contributed by atoms with E-state index in [4.69, 9.17) is 28.3 Å². The number of benzene rings is 1. The van der Waals surface area contributed by atoms with Crippen molar-refractivity contribution in [3.8, 4) is 0 Å². The van der Waals surface area contributed by atoms with E-state index in [1.807, 2.05) is 6.26 Å². The second-order valence-corrected chi connectivity index (χ2v) is 6.89. The minimum absolute atomic E-state index is 0.0401. The summed E-state index contributed by atoms with van der Waals surface area (Å²) in [6, 6.07) is 2.73. The summed E-state index contributed by atoms with van der Waals surface area (Å²) in [7, 11) is -3.68. The normalized spacial score (nSPS) is 11.8. The molecule has 0 radical (unpaired) electrons. The Hall–Kier alpha value is 0.0200. The predicted octanol–water partition coefficient (Wildman–Crippen LogP) is 2.13. The third-order valence-electron chi connectivity index (χ3n) is 2.20. The van der Waals surface area contributed by atoms with Crippen LogP contribution in [0.4, 0.5) is 0 Å². The summed E-state index contributed by atoms with van der Waals surface area (Å²) < 4.78 is 26.4. The monoisotopic (exact) mass is 329 g/mol. The van der Waals surface area contributed by atoms with E-state index in [1.54, 1.807) is 0 Å². The molecule has 0 fully saturated rings. The van der Waals surface area contributed by atoms with Crippen molar-refractivity contribution in [1.82, 2.24) is 4.72 Å². The lowest BCUT2D eigenvalue weighted by atomic mass is 10.2. The molecule has 0 aliphatic carbocycles. The molecular formula is C10H13Cl2NO3S2. The number of aliphatic hydroxyl groups is 1. The quantitative estimate of drug-likeness (QED) is 0.784. The Bertz CT molecular complexity index is 520. The molecule has 18 heavy (non-hydrogen) atoms. The van der Waals surface area contributed by atoms with Gasteiger partial charge in [0.05, 0.1) is 11.6 Å². The summed E-state index contributed by atoms with van der Waals surface area (Å²) in [5.74, 6) is 0.664. The van der Waals surface area contributed by atoms with Gasteiger partial charge >= 0.3 is 0 Å². The van der Waals surface area contributed by atoms with E-state index in [2.05, 4.69) is 4.72 Å². The Labute approximate surface area is 121 Å². The molecule has 0 saturated heterocycles. The fourth-order valence-electron chi connectivity index (χ4n) is 1.28.